The average molecular weight is 593 g/mol. The van der Waals surface area contributed by atoms with E-state index in [1.54, 1.807) is 0 Å². The lowest BCUT2D eigenvalue weighted by Gasteiger charge is -2.28. The Bertz CT molecular complexity index is 1530. The molecule has 0 unspecified atom stereocenters. The van der Waals surface area contributed by atoms with Crippen LogP contribution >= 0.6 is 23.8 Å². The summed E-state index contributed by atoms with van der Waals surface area (Å²) in [5, 5.41) is 9.41. The maximum atomic E-state index is 4.09. The molecule has 0 N–H and O–H groups in total. The molecule has 0 fully saturated rings. The van der Waals surface area contributed by atoms with Gasteiger partial charge in [0.05, 0.1) is 0 Å². The minimum Gasteiger partial charge on any atom is -0.109 e. The third-order valence-corrected chi connectivity index (χ3v) is 14.5. The molecule has 3 heteroatoms. The van der Waals surface area contributed by atoms with Crippen molar-refractivity contribution in [3.63, 3.8) is 0 Å². The molecule has 0 heterocycles. The molecular formula is C39H31P3. The predicted molar refractivity (Wildman–Crippen MR) is 189 cm³/mol. The van der Waals surface area contributed by atoms with Crippen LogP contribution in [0.25, 0.3) is 0 Å². The SMILES string of the molecule is C(=CP(c1ccccc1)c1ccccc1)=C(P(c1ccccc1)c1ccccc1)P(c1ccccc1)c1ccccc1. The van der Waals surface area contributed by atoms with Gasteiger partial charge in [0.1, 0.15) is 0 Å². The van der Waals surface area contributed by atoms with E-state index in [0.29, 0.717) is 0 Å². The highest BCUT2D eigenvalue weighted by molar-refractivity contribution is 7.94. The van der Waals surface area contributed by atoms with Crippen molar-refractivity contribution < 1.29 is 0 Å². The molecule has 0 amide bonds. The largest absolute Gasteiger partial charge is 0.109 e. The first-order valence-electron chi connectivity index (χ1n) is 14.0. The molecule has 0 aliphatic heterocycles. The van der Waals surface area contributed by atoms with Crippen molar-refractivity contribution >= 4 is 55.6 Å². The van der Waals surface area contributed by atoms with Crippen LogP contribution in [0.2, 0.25) is 0 Å². The Morgan fingerprint density at radius 2 is 0.571 bits per heavy atom. The van der Waals surface area contributed by atoms with Gasteiger partial charge in [-0.2, -0.15) is 0 Å². The van der Waals surface area contributed by atoms with Crippen LogP contribution in [0.5, 0.6) is 0 Å². The first kappa shape index (κ1) is 28.3. The van der Waals surface area contributed by atoms with Crippen molar-refractivity contribution in [3.05, 3.63) is 199 Å². The van der Waals surface area contributed by atoms with Crippen LogP contribution in [-0.2, 0) is 0 Å². The molecule has 0 saturated carbocycles. The highest BCUT2D eigenvalue weighted by Crippen LogP contribution is 2.59. The number of benzene rings is 6. The van der Waals surface area contributed by atoms with E-state index in [1.807, 2.05) is 0 Å². The van der Waals surface area contributed by atoms with Gasteiger partial charge in [0.15, 0.2) is 0 Å². The fraction of sp³-hybridized carbons (Fsp3) is 0. The van der Waals surface area contributed by atoms with Crippen molar-refractivity contribution in [1.29, 1.82) is 0 Å². The summed E-state index contributed by atoms with van der Waals surface area (Å²) in [6, 6.07) is 66.0. The van der Waals surface area contributed by atoms with Gasteiger partial charge in [-0.1, -0.05) is 182 Å². The first-order valence-corrected chi connectivity index (χ1v) is 18.1. The molecule has 0 spiro atoms. The van der Waals surface area contributed by atoms with Gasteiger partial charge in [0.25, 0.3) is 0 Å². The third kappa shape index (κ3) is 6.77. The Hall–Kier alpha value is -3.87. The summed E-state index contributed by atoms with van der Waals surface area (Å²) >= 11 is 0. The topological polar surface area (TPSA) is 0 Å². The summed E-state index contributed by atoms with van der Waals surface area (Å²) in [4.78, 5) is 0. The lowest BCUT2D eigenvalue weighted by molar-refractivity contribution is 1.74. The monoisotopic (exact) mass is 592 g/mol. The Kier molecular flexibility index (Phi) is 9.65. The van der Waals surface area contributed by atoms with Crippen molar-refractivity contribution in [2.24, 2.45) is 0 Å². The van der Waals surface area contributed by atoms with E-state index < -0.39 is 23.8 Å². The molecule has 6 rings (SSSR count). The first-order chi connectivity index (χ1) is 20.9. The zero-order valence-corrected chi connectivity index (χ0v) is 25.9. The number of hydrogen-bond acceptors (Lipinski definition) is 0. The van der Waals surface area contributed by atoms with Crippen LogP contribution in [0, 0.1) is 0 Å². The molecule has 6 aromatic carbocycles. The highest BCUT2D eigenvalue weighted by Gasteiger charge is 2.28. The van der Waals surface area contributed by atoms with Gasteiger partial charge in [0, 0.05) is 5.06 Å². The fourth-order valence-corrected chi connectivity index (χ4v) is 13.0. The van der Waals surface area contributed by atoms with E-state index in [0.717, 1.165) is 0 Å². The summed E-state index contributed by atoms with van der Waals surface area (Å²) in [6.45, 7) is 0. The van der Waals surface area contributed by atoms with Crippen LogP contribution in [0.3, 0.4) is 0 Å². The second-order valence-electron chi connectivity index (χ2n) is 9.65. The van der Waals surface area contributed by atoms with E-state index in [1.165, 1.54) is 36.9 Å². The lowest BCUT2D eigenvalue weighted by Crippen LogP contribution is -2.18. The second-order valence-corrected chi connectivity index (χ2v) is 16.3. The maximum absolute atomic E-state index is 4.09. The van der Waals surface area contributed by atoms with Gasteiger partial charge in [-0.3, -0.25) is 0 Å². The quantitative estimate of drug-likeness (QED) is 0.117. The standard InChI is InChI=1S/C39H31P3/c1-7-19-33(20-8-1)40(34-21-9-2-10-22-34)32-31-39(41(35-23-11-3-12-24-35)36-25-13-4-14-26-36)42(37-27-15-5-16-28-37)38-29-17-6-18-30-38/h1-30,32H. The summed E-state index contributed by atoms with van der Waals surface area (Å²) in [5.41, 5.74) is 4.09. The average Bonchev–Trinajstić information content (AvgIpc) is 3.08. The van der Waals surface area contributed by atoms with Crippen molar-refractivity contribution in [2.45, 2.75) is 0 Å². The van der Waals surface area contributed by atoms with Crippen LogP contribution in [0.4, 0.5) is 0 Å². The molecule has 6 aromatic rings. The second kappa shape index (κ2) is 14.3. The minimum absolute atomic E-state index is 0.745. The molecule has 0 aliphatic rings. The lowest BCUT2D eigenvalue weighted by atomic mass is 10.4. The van der Waals surface area contributed by atoms with Crippen LogP contribution < -0.4 is 31.8 Å². The van der Waals surface area contributed by atoms with E-state index in [4.69, 9.17) is 0 Å². The fourth-order valence-electron chi connectivity index (χ4n) is 4.92. The molecule has 42 heavy (non-hydrogen) atoms. The normalized spacial score (nSPS) is 10.9. The molecule has 0 nitrogen and oxygen atoms in total. The Morgan fingerprint density at radius 1 is 0.333 bits per heavy atom. The Morgan fingerprint density at radius 3 is 0.833 bits per heavy atom. The molecule has 202 valence electrons. The minimum atomic E-state index is -0.856. The predicted octanol–water partition coefficient (Wildman–Crippen LogP) is 8.34. The third-order valence-electron chi connectivity index (χ3n) is 6.87. The van der Waals surface area contributed by atoms with Crippen molar-refractivity contribution in [2.75, 3.05) is 0 Å². The van der Waals surface area contributed by atoms with Crippen LogP contribution in [0.1, 0.15) is 0 Å². The van der Waals surface area contributed by atoms with Gasteiger partial charge in [-0.05, 0) is 61.4 Å². The van der Waals surface area contributed by atoms with Gasteiger partial charge < -0.3 is 0 Å². The molecule has 0 aromatic heterocycles. The summed E-state index contributed by atoms with van der Waals surface area (Å²) in [7, 11) is -2.46. The van der Waals surface area contributed by atoms with Gasteiger partial charge in [-0.25, -0.2) is 0 Å². The smallest absolute Gasteiger partial charge is 0.0363 e. The summed E-state index contributed by atoms with van der Waals surface area (Å²) < 4.78 is 0. The van der Waals surface area contributed by atoms with E-state index in [2.05, 4.69) is 194 Å². The maximum Gasteiger partial charge on any atom is 0.0363 e. The Balaban J connectivity index is 1.65. The van der Waals surface area contributed by atoms with E-state index in [-0.39, 0.29) is 0 Å². The van der Waals surface area contributed by atoms with Gasteiger partial charge in [-0.15, -0.1) is 5.73 Å². The van der Waals surface area contributed by atoms with Gasteiger partial charge in [0.2, 0.25) is 0 Å². The van der Waals surface area contributed by atoms with E-state index >= 15 is 0 Å². The molecule has 0 bridgehead atoms. The summed E-state index contributed by atoms with van der Waals surface area (Å²) in [6.07, 6.45) is 0. The zero-order valence-electron chi connectivity index (χ0n) is 23.2. The zero-order chi connectivity index (χ0) is 28.4. The molecule has 0 aliphatic carbocycles. The molecule has 0 saturated heterocycles. The van der Waals surface area contributed by atoms with Gasteiger partial charge >= 0.3 is 0 Å². The van der Waals surface area contributed by atoms with Crippen molar-refractivity contribution in [3.8, 4) is 0 Å². The molecule has 0 atom stereocenters. The highest BCUT2D eigenvalue weighted by atomic mass is 31.2. The van der Waals surface area contributed by atoms with Crippen LogP contribution in [0.15, 0.2) is 199 Å². The Labute approximate surface area is 253 Å². The van der Waals surface area contributed by atoms with Crippen molar-refractivity contribution in [1.82, 2.24) is 0 Å². The van der Waals surface area contributed by atoms with E-state index in [9.17, 15) is 0 Å². The van der Waals surface area contributed by atoms with Crippen LogP contribution in [-0.4, -0.2) is 0 Å². The summed E-state index contributed by atoms with van der Waals surface area (Å²) in [5.74, 6) is 2.39. The number of rotatable bonds is 9. The molecular weight excluding hydrogens is 561 g/mol. The molecule has 0 radical (unpaired) electrons. The number of hydrogen-bond donors (Lipinski definition) is 0.